The Hall–Kier alpha value is -4.40. The number of halogens is 1. The molecular weight excluding hydrogens is 720 g/mol. The summed E-state index contributed by atoms with van der Waals surface area (Å²) in [5.74, 6) is -3.71. The van der Waals surface area contributed by atoms with Crippen LogP contribution in [0, 0.1) is 11.8 Å². The number of carbonyl (C=O) groups excluding carboxylic acids is 4. The molecule has 2 bridgehead atoms. The number of aromatic nitrogens is 3. The average molecular weight is 764 g/mol. The molecule has 0 aliphatic carbocycles. The van der Waals surface area contributed by atoms with E-state index in [-0.39, 0.29) is 49.9 Å². The van der Waals surface area contributed by atoms with Crippen LogP contribution in [0.5, 0.6) is 0 Å². The number of carbonyl (C=O) groups is 4. The Kier molecular flexibility index (Phi) is 11.0. The number of benzene rings is 2. The minimum absolute atomic E-state index is 0.0342. The number of para-hydroxylation sites is 1. The van der Waals surface area contributed by atoms with Gasteiger partial charge in [-0.2, -0.15) is 0 Å². The molecule has 2 aromatic carbocycles. The van der Waals surface area contributed by atoms with Gasteiger partial charge in [-0.3, -0.25) is 19.2 Å². The smallest absolute Gasteiger partial charge is 0.313 e. The number of aliphatic hydroxyl groups excluding tert-OH is 1. The summed E-state index contributed by atoms with van der Waals surface area (Å²) in [5.41, 5.74) is 0.731. The molecule has 2 N–H and O–H groups in total. The summed E-state index contributed by atoms with van der Waals surface area (Å²) in [6.07, 6.45) is 2.91. The van der Waals surface area contributed by atoms with Gasteiger partial charge in [0.25, 0.3) is 0 Å². The second-order valence-corrected chi connectivity index (χ2v) is 14.5. The third-order valence-electron chi connectivity index (χ3n) is 10.0. The molecule has 3 aliphatic heterocycles. The molecule has 0 radical (unpaired) electrons. The highest BCUT2D eigenvalue weighted by Gasteiger charge is 2.77. The molecular formula is C37H43BrN6O7. The van der Waals surface area contributed by atoms with Gasteiger partial charge in [0.1, 0.15) is 29.9 Å². The molecule has 13 nitrogen and oxygen atoms in total. The van der Waals surface area contributed by atoms with Gasteiger partial charge in [-0.15, -0.1) is 18.3 Å². The zero-order chi connectivity index (χ0) is 36.3. The van der Waals surface area contributed by atoms with Gasteiger partial charge < -0.3 is 29.7 Å². The molecule has 270 valence electrons. The third-order valence-corrected chi connectivity index (χ3v) is 10.9. The number of nitrogens with zero attached hydrogens (tertiary/aromatic N) is 5. The standard InChI is InChI=1S/C37H43BrN6O7/c1-4-6-17-28(46)39-23(3)31(24-13-8-7-9-14-24)50-36(49)29-30-34(47)43(19-12-20-45)33(37(30)21-25(38)32(29)51-37)35(48)42(18-5-2)22-44-27-16-11-10-15-26(27)40-41-44/h4-5,7-11,13-16,23,25,29-33,45H,1-2,6,12,17-22H2,3H3,(H,39,46)/t23-,25?,29+,30-,31-,32+,33+,37-/m0/s1. The van der Waals surface area contributed by atoms with E-state index in [1.54, 1.807) is 28.7 Å². The predicted molar refractivity (Wildman–Crippen MR) is 191 cm³/mol. The number of esters is 1. The van der Waals surface area contributed by atoms with Crippen molar-refractivity contribution in [2.24, 2.45) is 11.8 Å². The number of rotatable bonds is 16. The van der Waals surface area contributed by atoms with Crippen LogP contribution in [0.3, 0.4) is 0 Å². The van der Waals surface area contributed by atoms with Gasteiger partial charge in [-0.1, -0.05) is 75.8 Å². The Bertz CT molecular complexity index is 1790. The molecule has 4 heterocycles. The largest absolute Gasteiger partial charge is 0.455 e. The fourth-order valence-electron chi connectivity index (χ4n) is 7.83. The van der Waals surface area contributed by atoms with Crippen molar-refractivity contribution in [1.29, 1.82) is 0 Å². The number of nitrogens with one attached hydrogen (secondary N) is 1. The Morgan fingerprint density at radius 3 is 2.65 bits per heavy atom. The van der Waals surface area contributed by atoms with E-state index in [1.165, 1.54) is 4.90 Å². The fourth-order valence-corrected chi connectivity index (χ4v) is 8.77. The van der Waals surface area contributed by atoms with Crippen molar-refractivity contribution in [3.8, 4) is 0 Å². The normalized spacial score (nSPS) is 26.1. The highest BCUT2D eigenvalue weighted by atomic mass is 79.9. The number of amides is 3. The average Bonchev–Trinajstić information content (AvgIpc) is 3.85. The highest BCUT2D eigenvalue weighted by Crippen LogP contribution is 2.60. The van der Waals surface area contributed by atoms with Crippen LogP contribution >= 0.6 is 15.9 Å². The number of allylic oxidation sites excluding steroid dienone is 1. The summed E-state index contributed by atoms with van der Waals surface area (Å²) in [7, 11) is 0. The number of likely N-dealkylation sites (tertiary alicyclic amines) is 1. The number of fused-ring (bicyclic) bond motifs is 2. The molecule has 6 rings (SSSR count). The van der Waals surface area contributed by atoms with E-state index in [2.05, 4.69) is 44.7 Å². The number of aliphatic hydroxyl groups is 1. The van der Waals surface area contributed by atoms with Gasteiger partial charge in [0.2, 0.25) is 17.7 Å². The van der Waals surface area contributed by atoms with Crippen LogP contribution in [0.25, 0.3) is 11.0 Å². The first-order valence-electron chi connectivity index (χ1n) is 17.2. The van der Waals surface area contributed by atoms with E-state index < -0.39 is 59.5 Å². The molecule has 3 aromatic rings. The summed E-state index contributed by atoms with van der Waals surface area (Å²) in [4.78, 5) is 58.9. The summed E-state index contributed by atoms with van der Waals surface area (Å²) >= 11 is 3.71. The lowest BCUT2D eigenvalue weighted by Gasteiger charge is -2.37. The van der Waals surface area contributed by atoms with Crippen molar-refractivity contribution in [2.75, 3.05) is 19.7 Å². The Morgan fingerprint density at radius 2 is 1.92 bits per heavy atom. The number of ether oxygens (including phenoxy) is 2. The lowest BCUT2D eigenvalue weighted by Crippen LogP contribution is -2.57. The highest BCUT2D eigenvalue weighted by molar-refractivity contribution is 9.09. The minimum atomic E-state index is -1.34. The van der Waals surface area contributed by atoms with Gasteiger partial charge in [0.05, 0.1) is 29.5 Å². The molecule has 3 amide bonds. The lowest BCUT2D eigenvalue weighted by molar-refractivity contribution is -0.162. The molecule has 8 atom stereocenters. The van der Waals surface area contributed by atoms with E-state index in [4.69, 9.17) is 9.47 Å². The molecule has 1 aromatic heterocycles. The van der Waals surface area contributed by atoms with E-state index in [0.29, 0.717) is 23.9 Å². The molecule has 3 fully saturated rings. The summed E-state index contributed by atoms with van der Waals surface area (Å²) in [6, 6.07) is 14.8. The number of hydrogen-bond donors (Lipinski definition) is 2. The topological polar surface area (TPSA) is 156 Å². The van der Waals surface area contributed by atoms with Gasteiger partial charge in [-0.05, 0) is 43.9 Å². The zero-order valence-corrected chi connectivity index (χ0v) is 30.1. The molecule has 3 saturated heterocycles. The fraction of sp³-hybridized carbons (Fsp3) is 0.459. The van der Waals surface area contributed by atoms with Crippen molar-refractivity contribution >= 4 is 50.7 Å². The molecule has 0 saturated carbocycles. The van der Waals surface area contributed by atoms with Crippen molar-refractivity contribution in [3.05, 3.63) is 85.5 Å². The van der Waals surface area contributed by atoms with Crippen molar-refractivity contribution in [2.45, 2.75) is 74.0 Å². The second kappa shape index (κ2) is 15.5. The molecule has 1 spiro atoms. The summed E-state index contributed by atoms with van der Waals surface area (Å²) in [6.45, 7) is 9.37. The molecule has 14 heteroatoms. The number of hydrogen-bond acceptors (Lipinski definition) is 9. The van der Waals surface area contributed by atoms with E-state index in [1.807, 2.05) is 54.6 Å². The first-order chi connectivity index (χ1) is 24.6. The van der Waals surface area contributed by atoms with E-state index >= 15 is 0 Å². The van der Waals surface area contributed by atoms with Crippen LogP contribution < -0.4 is 5.32 Å². The first kappa shape index (κ1) is 36.4. The predicted octanol–water partition coefficient (Wildman–Crippen LogP) is 3.29. The lowest BCUT2D eigenvalue weighted by atomic mass is 9.70. The molecule has 3 aliphatic rings. The van der Waals surface area contributed by atoms with Crippen LogP contribution in [-0.4, -0.2) is 102 Å². The Morgan fingerprint density at radius 1 is 1.18 bits per heavy atom. The van der Waals surface area contributed by atoms with Crippen LogP contribution in [0.2, 0.25) is 0 Å². The van der Waals surface area contributed by atoms with Crippen LogP contribution in [0.4, 0.5) is 0 Å². The van der Waals surface area contributed by atoms with Crippen LogP contribution in [-0.2, 0) is 35.3 Å². The van der Waals surface area contributed by atoms with Gasteiger partial charge in [0, 0.05) is 30.9 Å². The first-order valence-corrected chi connectivity index (χ1v) is 18.1. The third kappa shape index (κ3) is 6.84. The zero-order valence-electron chi connectivity index (χ0n) is 28.5. The van der Waals surface area contributed by atoms with Gasteiger partial charge in [0.15, 0.2) is 0 Å². The Labute approximate surface area is 304 Å². The second-order valence-electron chi connectivity index (χ2n) is 13.3. The maximum absolute atomic E-state index is 14.8. The van der Waals surface area contributed by atoms with Crippen LogP contribution in [0.1, 0.15) is 44.3 Å². The molecule has 51 heavy (non-hydrogen) atoms. The van der Waals surface area contributed by atoms with Gasteiger partial charge >= 0.3 is 5.97 Å². The van der Waals surface area contributed by atoms with Crippen LogP contribution in [0.15, 0.2) is 79.9 Å². The summed E-state index contributed by atoms with van der Waals surface area (Å²) < 4.78 is 14.5. The van der Waals surface area contributed by atoms with Crippen molar-refractivity contribution in [1.82, 2.24) is 30.1 Å². The maximum atomic E-state index is 14.8. The van der Waals surface area contributed by atoms with E-state index in [9.17, 15) is 24.3 Å². The maximum Gasteiger partial charge on any atom is 0.313 e. The quantitative estimate of drug-likeness (QED) is 0.127. The Balaban J connectivity index is 1.32. The van der Waals surface area contributed by atoms with E-state index in [0.717, 1.165) is 5.52 Å². The van der Waals surface area contributed by atoms with Crippen molar-refractivity contribution in [3.63, 3.8) is 0 Å². The molecule has 1 unspecified atom stereocenters. The van der Waals surface area contributed by atoms with Gasteiger partial charge in [-0.25, -0.2) is 4.68 Å². The monoisotopic (exact) mass is 762 g/mol. The SMILES string of the molecule is C=CCCC(=O)N[C@@H](C)[C@H](OC(=O)[C@H]1[C@@H]2O[C@@]3(CC2Br)[C@@H]1C(=O)N(CCCO)[C@@H]3C(=O)N(CC=C)Cn1nnc2ccccc21)c1ccccc1. The van der Waals surface area contributed by atoms with Crippen molar-refractivity contribution < 1.29 is 33.8 Å². The number of alkyl halides is 1. The summed E-state index contributed by atoms with van der Waals surface area (Å²) in [5, 5.41) is 21.2. The minimum Gasteiger partial charge on any atom is -0.455 e.